The van der Waals surface area contributed by atoms with Crippen molar-refractivity contribution < 1.29 is 14.3 Å². The van der Waals surface area contributed by atoms with E-state index in [1.807, 2.05) is 48.5 Å². The van der Waals surface area contributed by atoms with Gasteiger partial charge in [0.1, 0.15) is 6.04 Å². The molecule has 2 heterocycles. The number of morpholine rings is 1. The number of imide groups is 1. The summed E-state index contributed by atoms with van der Waals surface area (Å²) in [5.74, 6) is -0.512. The smallest absolute Gasteiger partial charge is 0.318 e. The molecule has 1 aliphatic rings. The van der Waals surface area contributed by atoms with Crippen molar-refractivity contribution in [2.45, 2.75) is 6.04 Å². The highest BCUT2D eigenvalue weighted by Crippen LogP contribution is 2.32. The summed E-state index contributed by atoms with van der Waals surface area (Å²) in [6.45, 7) is 3.06. The quantitative estimate of drug-likeness (QED) is 0.595. The Morgan fingerprint density at radius 1 is 1.14 bits per heavy atom. The number of hydrogen-bond donors (Lipinski definition) is 3. The van der Waals surface area contributed by atoms with Gasteiger partial charge in [-0.15, -0.1) is 0 Å². The fraction of sp³-hybridized carbons (Fsp3) is 0.250. The van der Waals surface area contributed by atoms with E-state index >= 15 is 0 Å². The molecule has 0 radical (unpaired) electrons. The van der Waals surface area contributed by atoms with E-state index in [9.17, 15) is 9.59 Å². The zero-order valence-electron chi connectivity index (χ0n) is 15.6. The van der Waals surface area contributed by atoms with Crippen molar-refractivity contribution in [1.82, 2.24) is 10.3 Å². The Kier molecular flexibility index (Phi) is 5.59. The predicted octanol–water partition coefficient (Wildman–Crippen LogP) is 2.48. The highest BCUT2D eigenvalue weighted by atomic mass is 32.1. The lowest BCUT2D eigenvalue weighted by atomic mass is 10.1. The van der Waals surface area contributed by atoms with Gasteiger partial charge in [0.05, 0.1) is 23.4 Å². The van der Waals surface area contributed by atoms with Gasteiger partial charge in [-0.1, -0.05) is 41.7 Å². The summed E-state index contributed by atoms with van der Waals surface area (Å²) in [6, 6.07) is 13.3. The van der Waals surface area contributed by atoms with E-state index in [4.69, 9.17) is 15.5 Å². The van der Waals surface area contributed by atoms with E-state index in [2.05, 4.69) is 15.5 Å². The summed E-state index contributed by atoms with van der Waals surface area (Å²) in [6.07, 6.45) is 0. The number of anilines is 2. The number of nitrogens with two attached hydrogens (primary N) is 1. The molecule has 4 rings (SSSR count). The number of amides is 3. The molecule has 3 amide bonds. The Morgan fingerprint density at radius 2 is 1.90 bits per heavy atom. The molecule has 0 aliphatic carbocycles. The molecule has 1 atom stereocenters. The van der Waals surface area contributed by atoms with Gasteiger partial charge in [-0.2, -0.15) is 0 Å². The number of nitrogens with zero attached hydrogens (tertiary/aromatic N) is 2. The summed E-state index contributed by atoms with van der Waals surface area (Å²) < 4.78 is 6.42. The van der Waals surface area contributed by atoms with Crippen LogP contribution in [0.3, 0.4) is 0 Å². The largest absolute Gasteiger partial charge is 0.378 e. The minimum atomic E-state index is -0.884. The van der Waals surface area contributed by atoms with Gasteiger partial charge >= 0.3 is 6.03 Å². The average molecular weight is 411 g/mol. The lowest BCUT2D eigenvalue weighted by Gasteiger charge is -2.25. The van der Waals surface area contributed by atoms with E-state index in [0.717, 1.165) is 39.7 Å². The summed E-state index contributed by atoms with van der Waals surface area (Å²) >= 11 is 1.60. The molecular weight excluding hydrogens is 390 g/mol. The van der Waals surface area contributed by atoms with Crippen LogP contribution in [0.25, 0.3) is 10.2 Å². The second-order valence-electron chi connectivity index (χ2n) is 6.62. The van der Waals surface area contributed by atoms with Gasteiger partial charge < -0.3 is 20.7 Å². The van der Waals surface area contributed by atoms with Crippen molar-refractivity contribution >= 4 is 44.3 Å². The molecule has 0 spiro atoms. The van der Waals surface area contributed by atoms with E-state index in [1.165, 1.54) is 0 Å². The molecule has 4 N–H and O–H groups in total. The van der Waals surface area contributed by atoms with Gasteiger partial charge in [-0.25, -0.2) is 9.78 Å². The highest BCUT2D eigenvalue weighted by molar-refractivity contribution is 7.22. The minimum Gasteiger partial charge on any atom is -0.378 e. The van der Waals surface area contributed by atoms with Crippen LogP contribution in [0.5, 0.6) is 0 Å². The Morgan fingerprint density at radius 3 is 2.62 bits per heavy atom. The van der Waals surface area contributed by atoms with Crippen LogP contribution in [0.15, 0.2) is 48.5 Å². The molecule has 1 aliphatic heterocycles. The first-order chi connectivity index (χ1) is 14.1. The summed E-state index contributed by atoms with van der Waals surface area (Å²) in [5, 5.41) is 6.33. The number of carbonyl (C=O) groups excluding carboxylic acids is 2. The van der Waals surface area contributed by atoms with Crippen LogP contribution in [0.4, 0.5) is 15.6 Å². The van der Waals surface area contributed by atoms with Crippen LogP contribution >= 0.6 is 11.3 Å². The second kappa shape index (κ2) is 8.46. The third-order valence-corrected chi connectivity index (χ3v) is 5.69. The number of aromatic nitrogens is 1. The van der Waals surface area contributed by atoms with Gasteiger partial charge in [0.2, 0.25) is 0 Å². The number of hydrogen-bond acceptors (Lipinski definition) is 7. The van der Waals surface area contributed by atoms with E-state index in [1.54, 1.807) is 11.3 Å². The third kappa shape index (κ3) is 4.47. The van der Waals surface area contributed by atoms with Crippen molar-refractivity contribution in [2.24, 2.45) is 5.73 Å². The van der Waals surface area contributed by atoms with Crippen LogP contribution in [0.2, 0.25) is 0 Å². The monoisotopic (exact) mass is 411 g/mol. The molecule has 8 nitrogen and oxygen atoms in total. The lowest BCUT2D eigenvalue weighted by Crippen LogP contribution is -2.40. The second-order valence-corrected chi connectivity index (χ2v) is 7.63. The fourth-order valence-corrected chi connectivity index (χ4v) is 4.25. The lowest BCUT2D eigenvalue weighted by molar-refractivity contribution is -0.120. The molecular formula is C20H21N5O3S. The molecule has 2 aromatic carbocycles. The average Bonchev–Trinajstić information content (AvgIpc) is 3.16. The topological polar surface area (TPSA) is 110 Å². The maximum absolute atomic E-state index is 12.5. The first kappa shape index (κ1) is 19.2. The van der Waals surface area contributed by atoms with Crippen molar-refractivity contribution in [3.63, 3.8) is 0 Å². The number of carbonyl (C=O) groups is 2. The Labute approximate surface area is 171 Å². The molecule has 3 aromatic rings. The maximum atomic E-state index is 12.5. The Balaban J connectivity index is 1.59. The van der Waals surface area contributed by atoms with Crippen LogP contribution in [0, 0.1) is 0 Å². The molecule has 29 heavy (non-hydrogen) atoms. The first-order valence-corrected chi connectivity index (χ1v) is 10.1. The summed E-state index contributed by atoms with van der Waals surface area (Å²) in [5.41, 5.74) is 7.51. The zero-order valence-corrected chi connectivity index (χ0v) is 16.4. The predicted molar refractivity (Wildman–Crippen MR) is 113 cm³/mol. The molecule has 150 valence electrons. The SMILES string of the molecule is NC(=O)NC(=O)[C@@H](Nc1ccc2nc(N3CCOCC3)sc2c1)c1ccccc1. The number of ether oxygens (including phenoxy) is 1. The Hall–Kier alpha value is -3.17. The van der Waals surface area contributed by atoms with Crippen LogP contribution in [-0.4, -0.2) is 43.2 Å². The summed E-state index contributed by atoms with van der Waals surface area (Å²) in [4.78, 5) is 30.6. The molecule has 0 saturated carbocycles. The number of urea groups is 1. The normalized spacial score (nSPS) is 15.1. The van der Waals surface area contributed by atoms with E-state index < -0.39 is 18.0 Å². The standard InChI is InChI=1S/C20H21N5O3S/c21-19(27)24-18(26)17(13-4-2-1-3-5-13)22-14-6-7-15-16(12-14)29-20(23-15)25-8-10-28-11-9-25/h1-7,12,17,22H,8-11H2,(H3,21,24,26,27)/t17-/m0/s1. The van der Waals surface area contributed by atoms with Gasteiger partial charge in [-0.3, -0.25) is 10.1 Å². The van der Waals surface area contributed by atoms with Gasteiger partial charge in [0, 0.05) is 18.8 Å². The van der Waals surface area contributed by atoms with Gasteiger partial charge in [0.25, 0.3) is 5.91 Å². The molecule has 0 bridgehead atoms. The number of fused-ring (bicyclic) bond motifs is 1. The Bertz CT molecular complexity index is 1020. The number of nitrogens with one attached hydrogen (secondary N) is 2. The first-order valence-electron chi connectivity index (χ1n) is 9.25. The molecule has 9 heteroatoms. The van der Waals surface area contributed by atoms with Gasteiger partial charge in [0.15, 0.2) is 5.13 Å². The van der Waals surface area contributed by atoms with E-state index in [0.29, 0.717) is 13.2 Å². The van der Waals surface area contributed by atoms with Crippen molar-refractivity contribution in [3.8, 4) is 0 Å². The number of benzene rings is 2. The zero-order chi connectivity index (χ0) is 20.2. The number of thiazole rings is 1. The highest BCUT2D eigenvalue weighted by Gasteiger charge is 2.22. The van der Waals surface area contributed by atoms with Crippen LogP contribution < -0.4 is 21.3 Å². The number of primary amides is 1. The fourth-order valence-electron chi connectivity index (χ4n) is 3.20. The van der Waals surface area contributed by atoms with Crippen molar-refractivity contribution in [3.05, 3.63) is 54.1 Å². The van der Waals surface area contributed by atoms with Gasteiger partial charge in [-0.05, 0) is 23.8 Å². The van der Waals surface area contributed by atoms with Crippen molar-refractivity contribution in [2.75, 3.05) is 36.5 Å². The maximum Gasteiger partial charge on any atom is 0.318 e. The van der Waals surface area contributed by atoms with Crippen LogP contribution in [-0.2, 0) is 9.53 Å². The minimum absolute atomic E-state index is 0.512. The number of rotatable bonds is 5. The van der Waals surface area contributed by atoms with Crippen molar-refractivity contribution in [1.29, 1.82) is 0 Å². The van der Waals surface area contributed by atoms with E-state index in [-0.39, 0.29) is 0 Å². The molecule has 1 aromatic heterocycles. The molecule has 1 saturated heterocycles. The third-order valence-electron chi connectivity index (χ3n) is 4.61. The summed E-state index contributed by atoms with van der Waals surface area (Å²) in [7, 11) is 0. The van der Waals surface area contributed by atoms with Crippen LogP contribution in [0.1, 0.15) is 11.6 Å². The molecule has 0 unspecified atom stereocenters. The molecule has 1 fully saturated rings.